The maximum absolute atomic E-state index is 11.5. The van der Waals surface area contributed by atoms with Gasteiger partial charge in [-0.1, -0.05) is 0 Å². The third kappa shape index (κ3) is 4.70. The van der Waals surface area contributed by atoms with E-state index in [1.807, 2.05) is 0 Å². The van der Waals surface area contributed by atoms with E-state index in [0.717, 1.165) is 4.57 Å². The van der Waals surface area contributed by atoms with Crippen LogP contribution >= 0.6 is 12.2 Å². The van der Waals surface area contributed by atoms with E-state index in [0.29, 0.717) is 0 Å². The largest absolute Gasteiger partial charge is 0.444 e. The molecular weight excluding hydrogens is 272 g/mol. The van der Waals surface area contributed by atoms with Gasteiger partial charge >= 0.3 is 17.2 Å². The highest BCUT2D eigenvalue weighted by Gasteiger charge is 2.15. The Balaban J connectivity index is 2.63. The third-order valence-electron chi connectivity index (χ3n) is 1.97. The molecule has 3 N–H and O–H groups in total. The predicted octanol–water partition coefficient (Wildman–Crippen LogP) is 0.119. The molecule has 0 aliphatic carbocycles. The van der Waals surface area contributed by atoms with Crippen molar-refractivity contribution in [2.75, 3.05) is 6.54 Å². The molecule has 0 spiro atoms. The van der Waals surface area contributed by atoms with Crippen LogP contribution in [-0.2, 0) is 11.3 Å². The lowest BCUT2D eigenvalue weighted by Crippen LogP contribution is -2.41. The third-order valence-corrected chi connectivity index (χ3v) is 2.29. The highest BCUT2D eigenvalue weighted by Crippen LogP contribution is 2.05. The monoisotopic (exact) mass is 288 g/mol. The van der Waals surface area contributed by atoms with Gasteiger partial charge in [-0.3, -0.25) is 24.4 Å². The molecule has 0 saturated heterocycles. The van der Waals surface area contributed by atoms with E-state index in [1.54, 1.807) is 20.8 Å². The average molecular weight is 288 g/mol. The van der Waals surface area contributed by atoms with Gasteiger partial charge in [-0.05, 0) is 33.0 Å². The molecule has 0 saturated carbocycles. The zero-order chi connectivity index (χ0) is 14.6. The lowest BCUT2D eigenvalue weighted by atomic mass is 10.2. The molecule has 0 atom stereocenters. The molecule has 0 aromatic carbocycles. The number of alkyl carbamates (subject to hydrolysis) is 1. The molecule has 1 amide bonds. The molecule has 0 bridgehead atoms. The SMILES string of the molecule is CC(C)(C)OC(=O)NCCn1c(=S)[nH][nH]c(=O)c1=O. The standard InChI is InChI=1S/C10H16N4O4S/c1-10(2,3)18-9(17)11-4-5-14-7(16)6(15)12-13-8(14)19/h4-5H2,1-3H3,(H,11,17)(H,12,15)(H,13,19). The summed E-state index contributed by atoms with van der Waals surface area (Å²) in [6, 6.07) is 0. The molecule has 0 aliphatic heterocycles. The molecule has 8 nitrogen and oxygen atoms in total. The molecule has 1 heterocycles. The minimum atomic E-state index is -0.800. The highest BCUT2D eigenvalue weighted by molar-refractivity contribution is 7.71. The lowest BCUT2D eigenvalue weighted by molar-refractivity contribution is 0.0526. The maximum atomic E-state index is 11.5. The Hall–Kier alpha value is -1.90. The fourth-order valence-electron chi connectivity index (χ4n) is 1.23. The Bertz CT molecular complexity index is 622. The van der Waals surface area contributed by atoms with Crippen molar-refractivity contribution in [3.8, 4) is 0 Å². The summed E-state index contributed by atoms with van der Waals surface area (Å²) in [6.07, 6.45) is -0.597. The highest BCUT2D eigenvalue weighted by atomic mass is 32.1. The van der Waals surface area contributed by atoms with Crippen LogP contribution < -0.4 is 16.4 Å². The van der Waals surface area contributed by atoms with Gasteiger partial charge < -0.3 is 10.1 Å². The molecule has 106 valence electrons. The first kappa shape index (κ1) is 15.2. The van der Waals surface area contributed by atoms with E-state index in [4.69, 9.17) is 17.0 Å². The topological polar surface area (TPSA) is 109 Å². The molecule has 0 unspecified atom stereocenters. The van der Waals surface area contributed by atoms with E-state index in [9.17, 15) is 14.4 Å². The molecule has 0 radical (unpaired) electrons. The summed E-state index contributed by atoms with van der Waals surface area (Å²) in [5.41, 5.74) is -2.16. The van der Waals surface area contributed by atoms with E-state index in [2.05, 4.69) is 15.5 Å². The fourth-order valence-corrected chi connectivity index (χ4v) is 1.46. The second-order valence-electron chi connectivity index (χ2n) is 4.77. The number of H-pyrrole nitrogens is 2. The first-order valence-corrected chi connectivity index (χ1v) is 6.00. The van der Waals surface area contributed by atoms with E-state index in [1.165, 1.54) is 0 Å². The van der Waals surface area contributed by atoms with Crippen LogP contribution in [0.3, 0.4) is 0 Å². The normalized spacial score (nSPS) is 11.1. The predicted molar refractivity (Wildman–Crippen MR) is 70.7 cm³/mol. The van der Waals surface area contributed by atoms with Gasteiger partial charge in [0.05, 0.1) is 0 Å². The molecule has 0 aliphatic rings. The second kappa shape index (κ2) is 5.83. The summed E-state index contributed by atoms with van der Waals surface area (Å²) in [5.74, 6) is 0. The van der Waals surface area contributed by atoms with Crippen LogP contribution in [0, 0.1) is 4.77 Å². The number of amides is 1. The Morgan fingerprint density at radius 3 is 2.58 bits per heavy atom. The van der Waals surface area contributed by atoms with Crippen molar-refractivity contribution in [2.45, 2.75) is 32.9 Å². The minimum absolute atomic E-state index is 0.0792. The van der Waals surface area contributed by atoms with Crippen molar-refractivity contribution in [2.24, 2.45) is 0 Å². The van der Waals surface area contributed by atoms with E-state index >= 15 is 0 Å². The second-order valence-corrected chi connectivity index (χ2v) is 5.16. The fraction of sp³-hybridized carbons (Fsp3) is 0.600. The Morgan fingerprint density at radius 2 is 2.00 bits per heavy atom. The number of hydrogen-bond donors (Lipinski definition) is 3. The molecule has 1 rings (SSSR count). The van der Waals surface area contributed by atoms with Gasteiger partial charge in [0.2, 0.25) is 0 Å². The molecule has 1 aromatic rings. The number of nitrogens with one attached hydrogen (secondary N) is 3. The van der Waals surface area contributed by atoms with Crippen molar-refractivity contribution in [3.63, 3.8) is 0 Å². The van der Waals surface area contributed by atoms with Gasteiger partial charge in [-0.25, -0.2) is 4.79 Å². The molecule has 1 aromatic heterocycles. The molecule has 9 heteroatoms. The Labute approximate surface area is 113 Å². The summed E-state index contributed by atoms with van der Waals surface area (Å²) < 4.78 is 6.16. The smallest absolute Gasteiger partial charge is 0.407 e. The molecule has 19 heavy (non-hydrogen) atoms. The number of carbonyl (C=O) groups excluding carboxylic acids is 1. The quantitative estimate of drug-likeness (QED) is 0.540. The van der Waals surface area contributed by atoms with Crippen LogP contribution in [0.1, 0.15) is 20.8 Å². The zero-order valence-corrected chi connectivity index (χ0v) is 11.7. The van der Waals surface area contributed by atoms with Crippen LogP contribution in [0.4, 0.5) is 4.79 Å². The summed E-state index contributed by atoms with van der Waals surface area (Å²) in [4.78, 5) is 33.9. The van der Waals surface area contributed by atoms with Gasteiger partial charge in [-0.15, -0.1) is 0 Å². The summed E-state index contributed by atoms with van der Waals surface area (Å²) in [5, 5.41) is 6.96. The average Bonchev–Trinajstić information content (AvgIpc) is 2.26. The van der Waals surface area contributed by atoms with E-state index in [-0.39, 0.29) is 17.9 Å². The maximum Gasteiger partial charge on any atom is 0.407 e. The van der Waals surface area contributed by atoms with Crippen LogP contribution in [0.5, 0.6) is 0 Å². The van der Waals surface area contributed by atoms with Crippen LogP contribution in [0.15, 0.2) is 9.59 Å². The number of carbonyl (C=O) groups is 1. The number of ether oxygens (including phenoxy) is 1. The van der Waals surface area contributed by atoms with Gasteiger partial charge in [0, 0.05) is 13.1 Å². The summed E-state index contributed by atoms with van der Waals surface area (Å²) >= 11 is 4.86. The first-order valence-electron chi connectivity index (χ1n) is 5.59. The molecular formula is C10H16N4O4S. The first-order chi connectivity index (χ1) is 8.70. The van der Waals surface area contributed by atoms with Crippen molar-refractivity contribution in [1.82, 2.24) is 20.1 Å². The Kier molecular flexibility index (Phi) is 4.65. The van der Waals surface area contributed by atoms with Crippen molar-refractivity contribution >= 4 is 18.3 Å². The van der Waals surface area contributed by atoms with Gasteiger partial charge in [0.25, 0.3) is 0 Å². The lowest BCUT2D eigenvalue weighted by Gasteiger charge is -2.19. The number of nitrogens with zero attached hydrogens (tertiary/aromatic N) is 1. The van der Waals surface area contributed by atoms with Crippen LogP contribution in [0.2, 0.25) is 0 Å². The summed E-state index contributed by atoms with van der Waals surface area (Å²) in [6.45, 7) is 5.42. The Morgan fingerprint density at radius 1 is 1.37 bits per heavy atom. The minimum Gasteiger partial charge on any atom is -0.444 e. The van der Waals surface area contributed by atoms with Crippen LogP contribution in [-0.4, -0.2) is 33.0 Å². The number of rotatable bonds is 3. The zero-order valence-electron chi connectivity index (χ0n) is 10.9. The van der Waals surface area contributed by atoms with Crippen molar-refractivity contribution < 1.29 is 9.53 Å². The van der Waals surface area contributed by atoms with Crippen molar-refractivity contribution in [1.29, 1.82) is 0 Å². The van der Waals surface area contributed by atoms with Gasteiger partial charge in [0.15, 0.2) is 4.77 Å². The van der Waals surface area contributed by atoms with Crippen molar-refractivity contribution in [3.05, 3.63) is 25.5 Å². The number of hydrogen-bond acceptors (Lipinski definition) is 5. The van der Waals surface area contributed by atoms with Gasteiger partial charge in [-0.2, -0.15) is 0 Å². The number of aromatic amines is 2. The summed E-state index contributed by atoms with van der Waals surface area (Å²) in [7, 11) is 0. The van der Waals surface area contributed by atoms with E-state index < -0.39 is 22.8 Å². The van der Waals surface area contributed by atoms with Gasteiger partial charge in [0.1, 0.15) is 5.60 Å². The number of aromatic nitrogens is 3. The molecule has 0 fully saturated rings. The van der Waals surface area contributed by atoms with Crippen LogP contribution in [0.25, 0.3) is 0 Å².